The molecule has 3 N–H and O–H groups in total. The summed E-state index contributed by atoms with van der Waals surface area (Å²) in [7, 11) is 0. The van der Waals surface area contributed by atoms with Crippen LogP contribution in [0.2, 0.25) is 0 Å². The Balaban J connectivity index is 1.55. The summed E-state index contributed by atoms with van der Waals surface area (Å²) in [4.78, 5) is 31.2. The molecule has 1 aromatic heterocycles. The molecule has 1 unspecified atom stereocenters. The number of anilines is 3. The first-order chi connectivity index (χ1) is 14.5. The first-order valence-corrected chi connectivity index (χ1v) is 9.53. The minimum atomic E-state index is -0.830. The van der Waals surface area contributed by atoms with E-state index in [1.807, 2.05) is 4.90 Å². The Bertz CT molecular complexity index is 975. The van der Waals surface area contributed by atoms with Crippen molar-refractivity contribution in [3.63, 3.8) is 0 Å². The van der Waals surface area contributed by atoms with Crippen LogP contribution < -0.4 is 21.0 Å². The molecule has 1 fully saturated rings. The highest BCUT2D eigenvalue weighted by atomic mass is 19.1. The Morgan fingerprint density at radius 2 is 1.90 bits per heavy atom. The Morgan fingerprint density at radius 3 is 2.60 bits per heavy atom. The molecule has 3 heterocycles. The van der Waals surface area contributed by atoms with Crippen molar-refractivity contribution in [2.45, 2.75) is 12.5 Å². The standard InChI is InChI=1S/C20H21FN6O3/c21-13-3-5-14(6-4-13)27-17(18(22)28)12-16(25-27)20(29)24-15-2-1-7-23-19(15)26-8-10-30-11-9-26/h1-7,17H,8-12H2,(H2,22,28)(H,24,29). The molecule has 2 amide bonds. The topological polar surface area (TPSA) is 113 Å². The molecular weight excluding hydrogens is 391 g/mol. The summed E-state index contributed by atoms with van der Waals surface area (Å²) in [5.41, 5.74) is 6.67. The van der Waals surface area contributed by atoms with E-state index >= 15 is 0 Å². The van der Waals surface area contributed by atoms with Crippen LogP contribution in [0, 0.1) is 5.82 Å². The number of hydrogen-bond acceptors (Lipinski definition) is 7. The number of nitrogens with zero attached hydrogens (tertiary/aromatic N) is 4. The van der Waals surface area contributed by atoms with Crippen LogP contribution in [0.1, 0.15) is 6.42 Å². The van der Waals surface area contributed by atoms with Gasteiger partial charge in [0, 0.05) is 25.7 Å². The van der Waals surface area contributed by atoms with Crippen LogP contribution in [0.25, 0.3) is 0 Å². The summed E-state index contributed by atoms with van der Waals surface area (Å²) in [5, 5.41) is 8.48. The van der Waals surface area contributed by atoms with E-state index in [2.05, 4.69) is 15.4 Å². The van der Waals surface area contributed by atoms with Crippen LogP contribution in [0.3, 0.4) is 0 Å². The van der Waals surface area contributed by atoms with Gasteiger partial charge in [-0.2, -0.15) is 5.10 Å². The number of halogens is 1. The fourth-order valence-electron chi connectivity index (χ4n) is 3.42. The predicted molar refractivity (Wildman–Crippen MR) is 110 cm³/mol. The van der Waals surface area contributed by atoms with E-state index in [4.69, 9.17) is 10.5 Å². The van der Waals surface area contributed by atoms with Crippen molar-refractivity contribution >= 4 is 34.7 Å². The Kier molecular flexibility index (Phi) is 5.57. The second-order valence-electron chi connectivity index (χ2n) is 6.92. The van der Waals surface area contributed by atoms with E-state index in [9.17, 15) is 14.0 Å². The lowest BCUT2D eigenvalue weighted by Crippen LogP contribution is -2.39. The van der Waals surface area contributed by atoms with Crippen LogP contribution in [-0.2, 0) is 14.3 Å². The molecule has 1 atom stereocenters. The van der Waals surface area contributed by atoms with E-state index < -0.39 is 23.7 Å². The van der Waals surface area contributed by atoms with Crippen molar-refractivity contribution in [3.8, 4) is 0 Å². The number of primary amides is 1. The second-order valence-corrected chi connectivity index (χ2v) is 6.92. The maximum atomic E-state index is 13.2. The van der Waals surface area contributed by atoms with Gasteiger partial charge in [-0.05, 0) is 36.4 Å². The highest BCUT2D eigenvalue weighted by molar-refractivity contribution is 6.44. The molecule has 9 nitrogen and oxygen atoms in total. The van der Waals surface area contributed by atoms with Crippen LogP contribution in [0.15, 0.2) is 47.7 Å². The zero-order valence-corrected chi connectivity index (χ0v) is 16.1. The third kappa shape index (κ3) is 4.08. The van der Waals surface area contributed by atoms with Crippen LogP contribution in [0.5, 0.6) is 0 Å². The first kappa shape index (κ1) is 19.8. The normalized spacial score (nSPS) is 18.8. The number of nitrogens with one attached hydrogen (secondary N) is 1. The van der Waals surface area contributed by atoms with Gasteiger partial charge in [-0.3, -0.25) is 14.6 Å². The number of rotatable bonds is 5. The van der Waals surface area contributed by atoms with Gasteiger partial charge in [-0.15, -0.1) is 0 Å². The lowest BCUT2D eigenvalue weighted by molar-refractivity contribution is -0.119. The summed E-state index contributed by atoms with van der Waals surface area (Å²) in [6.07, 6.45) is 1.71. The Hall–Kier alpha value is -3.53. The molecule has 0 saturated carbocycles. The molecule has 2 aliphatic rings. The molecule has 1 saturated heterocycles. The lowest BCUT2D eigenvalue weighted by atomic mass is 10.1. The third-order valence-electron chi connectivity index (χ3n) is 4.94. The Labute approximate surface area is 172 Å². The lowest BCUT2D eigenvalue weighted by Gasteiger charge is -2.29. The van der Waals surface area contributed by atoms with E-state index in [0.717, 1.165) is 0 Å². The number of carbonyl (C=O) groups excluding carboxylic acids is 2. The van der Waals surface area contributed by atoms with Gasteiger partial charge in [0.25, 0.3) is 5.91 Å². The van der Waals surface area contributed by atoms with Crippen molar-refractivity contribution in [2.75, 3.05) is 41.5 Å². The smallest absolute Gasteiger partial charge is 0.272 e. The molecule has 2 aliphatic heterocycles. The molecule has 0 bridgehead atoms. The van der Waals surface area contributed by atoms with Crippen molar-refractivity contribution in [2.24, 2.45) is 10.8 Å². The summed E-state index contributed by atoms with van der Waals surface area (Å²) >= 11 is 0. The molecule has 0 radical (unpaired) electrons. The van der Waals surface area contributed by atoms with Crippen molar-refractivity contribution in [1.29, 1.82) is 0 Å². The minimum Gasteiger partial charge on any atom is -0.378 e. The third-order valence-corrected chi connectivity index (χ3v) is 4.94. The molecule has 0 spiro atoms. The summed E-state index contributed by atoms with van der Waals surface area (Å²) < 4.78 is 18.6. The number of hydrogen-bond donors (Lipinski definition) is 2. The van der Waals surface area contributed by atoms with E-state index in [-0.39, 0.29) is 12.1 Å². The maximum absolute atomic E-state index is 13.2. The second kappa shape index (κ2) is 8.46. The van der Waals surface area contributed by atoms with Gasteiger partial charge in [-0.25, -0.2) is 9.37 Å². The molecule has 4 rings (SSSR count). The number of nitrogens with two attached hydrogens (primary N) is 1. The number of benzene rings is 1. The van der Waals surface area contributed by atoms with E-state index in [1.54, 1.807) is 18.3 Å². The van der Waals surface area contributed by atoms with Crippen LogP contribution in [0.4, 0.5) is 21.6 Å². The largest absolute Gasteiger partial charge is 0.378 e. The summed E-state index contributed by atoms with van der Waals surface area (Å²) in [6.45, 7) is 2.51. The van der Waals surface area contributed by atoms with Gasteiger partial charge in [0.15, 0.2) is 5.82 Å². The summed E-state index contributed by atoms with van der Waals surface area (Å²) in [6, 6.07) is 8.13. The van der Waals surface area contributed by atoms with Gasteiger partial charge >= 0.3 is 0 Å². The van der Waals surface area contributed by atoms with Gasteiger partial charge in [0.05, 0.1) is 24.6 Å². The van der Waals surface area contributed by atoms with Crippen molar-refractivity contribution in [3.05, 3.63) is 48.4 Å². The molecule has 2 aromatic rings. The Morgan fingerprint density at radius 1 is 1.17 bits per heavy atom. The predicted octanol–water partition coefficient (Wildman–Crippen LogP) is 1.12. The molecule has 30 heavy (non-hydrogen) atoms. The molecule has 1 aromatic carbocycles. The van der Waals surface area contributed by atoms with Gasteiger partial charge < -0.3 is 20.7 Å². The SMILES string of the molecule is NC(=O)C1CC(C(=O)Nc2cccnc2N2CCOCC2)=NN1c1ccc(F)cc1. The monoisotopic (exact) mass is 412 g/mol. The highest BCUT2D eigenvalue weighted by Crippen LogP contribution is 2.27. The number of hydrazone groups is 1. The van der Waals surface area contributed by atoms with Crippen molar-refractivity contribution < 1.29 is 18.7 Å². The highest BCUT2D eigenvalue weighted by Gasteiger charge is 2.35. The number of ether oxygens (including phenoxy) is 1. The fourth-order valence-corrected chi connectivity index (χ4v) is 3.42. The number of carbonyl (C=O) groups is 2. The average molecular weight is 412 g/mol. The first-order valence-electron chi connectivity index (χ1n) is 9.53. The maximum Gasteiger partial charge on any atom is 0.272 e. The fraction of sp³-hybridized carbons (Fsp3) is 0.300. The molecular formula is C20H21FN6O3. The number of pyridine rings is 1. The number of aromatic nitrogens is 1. The minimum absolute atomic E-state index is 0.0473. The molecule has 156 valence electrons. The van der Waals surface area contributed by atoms with E-state index in [1.165, 1.54) is 29.3 Å². The van der Waals surface area contributed by atoms with Crippen LogP contribution in [-0.4, -0.2) is 54.9 Å². The quantitative estimate of drug-likeness (QED) is 0.761. The molecule has 10 heteroatoms. The van der Waals surface area contributed by atoms with Gasteiger partial charge in [0.2, 0.25) is 5.91 Å². The zero-order chi connectivity index (χ0) is 21.1. The van der Waals surface area contributed by atoms with Crippen molar-refractivity contribution in [1.82, 2.24) is 4.98 Å². The van der Waals surface area contributed by atoms with E-state index in [0.29, 0.717) is 43.5 Å². The van der Waals surface area contributed by atoms with Gasteiger partial charge in [-0.1, -0.05) is 0 Å². The van der Waals surface area contributed by atoms with Crippen LogP contribution >= 0.6 is 0 Å². The molecule has 0 aliphatic carbocycles. The van der Waals surface area contributed by atoms with Gasteiger partial charge in [0.1, 0.15) is 17.6 Å². The number of morpholine rings is 1. The average Bonchev–Trinajstić information content (AvgIpc) is 3.21. The zero-order valence-electron chi connectivity index (χ0n) is 16.1. The summed E-state index contributed by atoms with van der Waals surface area (Å²) in [5.74, 6) is -0.841. The number of amides is 2.